The van der Waals surface area contributed by atoms with Crippen molar-refractivity contribution in [3.8, 4) is 0 Å². The summed E-state index contributed by atoms with van der Waals surface area (Å²) in [6.45, 7) is 6.17. The van der Waals surface area contributed by atoms with Crippen LogP contribution in [0, 0.1) is 0 Å². The van der Waals surface area contributed by atoms with Gasteiger partial charge in [0.1, 0.15) is 0 Å². The topological polar surface area (TPSA) is 3.24 Å². The predicted molar refractivity (Wildman–Crippen MR) is 47.7 cm³/mol. The zero-order valence-corrected chi connectivity index (χ0v) is 7.77. The molecular formula is C10H19N. The highest BCUT2D eigenvalue weighted by Crippen LogP contribution is 2.36. The van der Waals surface area contributed by atoms with E-state index in [0.29, 0.717) is 5.54 Å². The highest BCUT2D eigenvalue weighted by atomic mass is 15.2. The van der Waals surface area contributed by atoms with Crippen molar-refractivity contribution in [1.29, 1.82) is 0 Å². The van der Waals surface area contributed by atoms with Gasteiger partial charge < -0.3 is 0 Å². The van der Waals surface area contributed by atoms with Crippen molar-refractivity contribution >= 4 is 0 Å². The van der Waals surface area contributed by atoms with E-state index in [1.165, 1.54) is 38.6 Å². The van der Waals surface area contributed by atoms with Crippen molar-refractivity contribution in [2.75, 3.05) is 6.54 Å². The highest BCUT2D eigenvalue weighted by molar-refractivity contribution is 4.94. The van der Waals surface area contributed by atoms with Gasteiger partial charge in [-0.15, -0.1) is 0 Å². The Balaban J connectivity index is 2.13. The molecule has 2 rings (SSSR count). The van der Waals surface area contributed by atoms with Crippen LogP contribution in [0.3, 0.4) is 0 Å². The Labute approximate surface area is 69.8 Å². The summed E-state index contributed by atoms with van der Waals surface area (Å²) in [5, 5.41) is 0. The predicted octanol–water partition coefficient (Wildman–Crippen LogP) is 2.41. The molecule has 1 nitrogen and oxygen atoms in total. The van der Waals surface area contributed by atoms with Gasteiger partial charge in [-0.1, -0.05) is 6.42 Å². The molecule has 1 atom stereocenters. The van der Waals surface area contributed by atoms with Crippen LogP contribution in [0.25, 0.3) is 0 Å². The molecule has 2 aliphatic rings. The molecule has 0 amide bonds. The van der Waals surface area contributed by atoms with Crippen LogP contribution in [0.5, 0.6) is 0 Å². The summed E-state index contributed by atoms with van der Waals surface area (Å²) >= 11 is 0. The first-order valence-corrected chi connectivity index (χ1v) is 4.97. The lowest BCUT2D eigenvalue weighted by atomic mass is 9.87. The lowest BCUT2D eigenvalue weighted by Gasteiger charge is -2.44. The van der Waals surface area contributed by atoms with Crippen molar-refractivity contribution < 1.29 is 0 Å². The third-order valence-corrected chi connectivity index (χ3v) is 3.48. The number of hydrogen-bond donors (Lipinski definition) is 0. The molecule has 0 aromatic carbocycles. The van der Waals surface area contributed by atoms with Crippen LogP contribution in [0.2, 0.25) is 0 Å². The van der Waals surface area contributed by atoms with Gasteiger partial charge in [0.05, 0.1) is 0 Å². The molecule has 0 aliphatic carbocycles. The monoisotopic (exact) mass is 153 g/mol. The maximum absolute atomic E-state index is 2.73. The molecule has 0 aromatic rings. The van der Waals surface area contributed by atoms with Gasteiger partial charge in [0.25, 0.3) is 0 Å². The van der Waals surface area contributed by atoms with Crippen LogP contribution in [0.15, 0.2) is 0 Å². The second-order valence-electron chi connectivity index (χ2n) is 4.69. The molecule has 64 valence electrons. The van der Waals surface area contributed by atoms with Crippen LogP contribution in [-0.2, 0) is 0 Å². The third kappa shape index (κ3) is 1.20. The van der Waals surface area contributed by atoms with E-state index in [0.717, 1.165) is 6.04 Å². The molecule has 0 radical (unpaired) electrons. The average Bonchev–Trinajstić information content (AvgIpc) is 2.34. The first kappa shape index (κ1) is 7.60. The molecule has 2 fully saturated rings. The second-order valence-corrected chi connectivity index (χ2v) is 4.69. The summed E-state index contributed by atoms with van der Waals surface area (Å²) in [5.74, 6) is 0. The molecule has 2 heterocycles. The van der Waals surface area contributed by atoms with Gasteiger partial charge in [0, 0.05) is 11.6 Å². The van der Waals surface area contributed by atoms with Crippen molar-refractivity contribution in [2.24, 2.45) is 0 Å². The summed E-state index contributed by atoms with van der Waals surface area (Å²) in [4.78, 5) is 2.73. The van der Waals surface area contributed by atoms with Gasteiger partial charge in [0.15, 0.2) is 0 Å². The number of nitrogens with zero attached hydrogens (tertiary/aromatic N) is 1. The maximum Gasteiger partial charge on any atom is 0.0156 e. The minimum atomic E-state index is 0.513. The van der Waals surface area contributed by atoms with Gasteiger partial charge in [-0.2, -0.15) is 0 Å². The van der Waals surface area contributed by atoms with Crippen LogP contribution >= 0.6 is 0 Å². The minimum absolute atomic E-state index is 0.513. The van der Waals surface area contributed by atoms with E-state index in [1.807, 2.05) is 0 Å². The lowest BCUT2D eigenvalue weighted by molar-refractivity contribution is 0.0567. The molecule has 0 unspecified atom stereocenters. The second kappa shape index (κ2) is 2.48. The molecule has 1 heteroatoms. The Bertz CT molecular complexity index is 151. The van der Waals surface area contributed by atoms with Crippen molar-refractivity contribution in [2.45, 2.75) is 57.5 Å². The van der Waals surface area contributed by atoms with Gasteiger partial charge in [0.2, 0.25) is 0 Å². The van der Waals surface area contributed by atoms with Gasteiger partial charge in [-0.25, -0.2) is 0 Å². The van der Waals surface area contributed by atoms with Crippen LogP contribution in [0.1, 0.15) is 46.0 Å². The highest BCUT2D eigenvalue weighted by Gasteiger charge is 2.38. The SMILES string of the molecule is CC1(C)CCC[C@@H]2CCCN21. The van der Waals surface area contributed by atoms with E-state index in [-0.39, 0.29) is 0 Å². The average molecular weight is 153 g/mol. The zero-order valence-electron chi connectivity index (χ0n) is 7.77. The number of rotatable bonds is 0. The van der Waals surface area contributed by atoms with E-state index in [4.69, 9.17) is 0 Å². The quantitative estimate of drug-likeness (QED) is 0.516. The molecule has 0 saturated carbocycles. The van der Waals surface area contributed by atoms with Gasteiger partial charge in [-0.3, -0.25) is 4.90 Å². The molecule has 2 saturated heterocycles. The molecule has 0 bridgehead atoms. The molecule has 11 heavy (non-hydrogen) atoms. The first-order valence-electron chi connectivity index (χ1n) is 4.97. The molecule has 2 aliphatic heterocycles. The van der Waals surface area contributed by atoms with Crippen LogP contribution in [0.4, 0.5) is 0 Å². The smallest absolute Gasteiger partial charge is 0.0156 e. The molecule has 0 aromatic heterocycles. The summed E-state index contributed by atoms with van der Waals surface area (Å²) in [7, 11) is 0. The van der Waals surface area contributed by atoms with Gasteiger partial charge >= 0.3 is 0 Å². The van der Waals surface area contributed by atoms with E-state index >= 15 is 0 Å². The fraction of sp³-hybridized carbons (Fsp3) is 1.00. The summed E-state index contributed by atoms with van der Waals surface area (Å²) in [6, 6.07) is 0.943. The fourth-order valence-corrected chi connectivity index (χ4v) is 2.85. The van der Waals surface area contributed by atoms with Crippen molar-refractivity contribution in [3.05, 3.63) is 0 Å². The maximum atomic E-state index is 2.73. The minimum Gasteiger partial charge on any atom is -0.295 e. The Morgan fingerprint density at radius 2 is 1.91 bits per heavy atom. The summed E-state index contributed by atoms with van der Waals surface area (Å²) in [6.07, 6.45) is 7.22. The third-order valence-electron chi connectivity index (χ3n) is 3.48. The lowest BCUT2D eigenvalue weighted by Crippen LogP contribution is -2.49. The largest absolute Gasteiger partial charge is 0.295 e. The standard InChI is InChI=1S/C10H19N/c1-10(2)7-3-5-9-6-4-8-11(9)10/h9H,3-8H2,1-2H3/t9-/m1/s1. The number of piperidine rings is 1. The van der Waals surface area contributed by atoms with Crippen molar-refractivity contribution in [3.63, 3.8) is 0 Å². The molecular weight excluding hydrogens is 134 g/mol. The van der Waals surface area contributed by atoms with Crippen LogP contribution in [-0.4, -0.2) is 23.0 Å². The summed E-state index contributed by atoms with van der Waals surface area (Å²) in [5.41, 5.74) is 0.513. The van der Waals surface area contributed by atoms with E-state index in [1.54, 1.807) is 0 Å². The normalized spacial score (nSPS) is 37.1. The summed E-state index contributed by atoms with van der Waals surface area (Å²) < 4.78 is 0. The Morgan fingerprint density at radius 1 is 1.18 bits per heavy atom. The number of hydrogen-bond acceptors (Lipinski definition) is 1. The molecule has 0 spiro atoms. The van der Waals surface area contributed by atoms with E-state index in [2.05, 4.69) is 18.7 Å². The first-order chi connectivity index (χ1) is 5.20. The van der Waals surface area contributed by atoms with Crippen molar-refractivity contribution in [1.82, 2.24) is 4.90 Å². The van der Waals surface area contributed by atoms with E-state index in [9.17, 15) is 0 Å². The van der Waals surface area contributed by atoms with Crippen LogP contribution < -0.4 is 0 Å². The van der Waals surface area contributed by atoms with E-state index < -0.39 is 0 Å². The zero-order chi connectivity index (χ0) is 7.90. The Hall–Kier alpha value is -0.0400. The molecule has 0 N–H and O–H groups in total. The number of fused-ring (bicyclic) bond motifs is 1. The Kier molecular flexibility index (Phi) is 1.71. The van der Waals surface area contributed by atoms with Gasteiger partial charge in [-0.05, 0) is 46.1 Å². The fourth-order valence-electron chi connectivity index (χ4n) is 2.85. The Morgan fingerprint density at radius 3 is 2.64 bits per heavy atom.